The molecule has 3 aromatic heterocycles. The van der Waals surface area contributed by atoms with E-state index in [1.807, 2.05) is 36.6 Å². The van der Waals surface area contributed by atoms with Crippen molar-refractivity contribution in [1.29, 1.82) is 0 Å². The van der Waals surface area contributed by atoms with Gasteiger partial charge in [0.15, 0.2) is 5.13 Å². The highest BCUT2D eigenvalue weighted by atomic mass is 32.1. The average molecular weight is 362 g/mol. The predicted molar refractivity (Wildman–Crippen MR) is 99.6 cm³/mol. The fraction of sp³-hybridized carbons (Fsp3) is 0.0556. The van der Waals surface area contributed by atoms with Gasteiger partial charge in [0.1, 0.15) is 5.69 Å². The SMILES string of the molecule is Cc1ccnc(Nc2nc(-c3cn[nH]c3C(=O)c3ccccc3)cs2)n1. The van der Waals surface area contributed by atoms with Crippen LogP contribution in [-0.2, 0) is 0 Å². The lowest BCUT2D eigenvalue weighted by Crippen LogP contribution is -2.03. The van der Waals surface area contributed by atoms with Gasteiger partial charge < -0.3 is 5.32 Å². The Labute approximate surface area is 153 Å². The molecule has 1 aromatic carbocycles. The Balaban J connectivity index is 1.61. The van der Waals surface area contributed by atoms with Crippen LogP contribution in [0, 0.1) is 6.92 Å². The molecule has 3 heterocycles. The molecule has 0 spiro atoms. The molecule has 0 aliphatic heterocycles. The monoisotopic (exact) mass is 362 g/mol. The summed E-state index contributed by atoms with van der Waals surface area (Å²) < 4.78 is 0. The number of aromatic amines is 1. The van der Waals surface area contributed by atoms with Crippen LogP contribution in [0.3, 0.4) is 0 Å². The molecule has 2 N–H and O–H groups in total. The summed E-state index contributed by atoms with van der Waals surface area (Å²) in [7, 11) is 0. The second-order valence-electron chi connectivity index (χ2n) is 5.54. The van der Waals surface area contributed by atoms with Gasteiger partial charge in [0, 0.05) is 22.8 Å². The summed E-state index contributed by atoms with van der Waals surface area (Å²) in [5, 5.41) is 12.4. The number of aryl methyl sites for hydroxylation is 1. The van der Waals surface area contributed by atoms with Crippen LogP contribution in [0.5, 0.6) is 0 Å². The zero-order valence-corrected chi connectivity index (χ0v) is 14.6. The Hall–Kier alpha value is -3.39. The number of H-pyrrole nitrogens is 1. The third-order valence-electron chi connectivity index (χ3n) is 3.70. The lowest BCUT2D eigenvalue weighted by atomic mass is 10.0. The summed E-state index contributed by atoms with van der Waals surface area (Å²) in [5.41, 5.74) is 3.20. The summed E-state index contributed by atoms with van der Waals surface area (Å²) in [6, 6.07) is 10.9. The van der Waals surface area contributed by atoms with E-state index in [9.17, 15) is 4.79 Å². The van der Waals surface area contributed by atoms with Crippen LogP contribution < -0.4 is 5.32 Å². The van der Waals surface area contributed by atoms with Crippen molar-refractivity contribution >= 4 is 28.2 Å². The second kappa shape index (κ2) is 6.85. The zero-order valence-electron chi connectivity index (χ0n) is 13.8. The molecule has 0 saturated carbocycles. The van der Waals surface area contributed by atoms with Crippen LogP contribution in [0.25, 0.3) is 11.3 Å². The van der Waals surface area contributed by atoms with Crippen molar-refractivity contribution in [2.45, 2.75) is 6.92 Å². The Morgan fingerprint density at radius 1 is 1.15 bits per heavy atom. The van der Waals surface area contributed by atoms with E-state index in [4.69, 9.17) is 0 Å². The Bertz CT molecular complexity index is 1060. The van der Waals surface area contributed by atoms with Crippen LogP contribution in [0.4, 0.5) is 11.1 Å². The van der Waals surface area contributed by atoms with E-state index in [2.05, 4.69) is 30.5 Å². The van der Waals surface area contributed by atoms with Crippen molar-refractivity contribution in [2.75, 3.05) is 5.32 Å². The maximum Gasteiger partial charge on any atom is 0.229 e. The van der Waals surface area contributed by atoms with Gasteiger partial charge in [-0.15, -0.1) is 11.3 Å². The molecule has 4 rings (SSSR count). The maximum atomic E-state index is 12.7. The number of anilines is 2. The molecule has 8 heteroatoms. The topological polar surface area (TPSA) is 96.5 Å². The lowest BCUT2D eigenvalue weighted by Gasteiger charge is -2.01. The normalized spacial score (nSPS) is 10.7. The molecule has 7 nitrogen and oxygen atoms in total. The van der Waals surface area contributed by atoms with Gasteiger partial charge in [-0.05, 0) is 13.0 Å². The Morgan fingerprint density at radius 2 is 2.00 bits per heavy atom. The van der Waals surface area contributed by atoms with Crippen molar-refractivity contribution in [3.63, 3.8) is 0 Å². The molecule has 26 heavy (non-hydrogen) atoms. The third kappa shape index (κ3) is 3.22. The van der Waals surface area contributed by atoms with Gasteiger partial charge in [0.05, 0.1) is 17.5 Å². The number of nitrogens with zero attached hydrogens (tertiary/aromatic N) is 4. The van der Waals surface area contributed by atoms with Crippen LogP contribution in [-0.4, -0.2) is 30.9 Å². The number of carbonyl (C=O) groups is 1. The van der Waals surface area contributed by atoms with Gasteiger partial charge in [0.25, 0.3) is 0 Å². The molecule has 0 aliphatic rings. The highest BCUT2D eigenvalue weighted by Crippen LogP contribution is 2.28. The van der Waals surface area contributed by atoms with E-state index in [0.29, 0.717) is 33.6 Å². The van der Waals surface area contributed by atoms with Crippen LogP contribution in [0.15, 0.2) is 54.2 Å². The Kier molecular flexibility index (Phi) is 4.24. The first-order valence-corrected chi connectivity index (χ1v) is 8.74. The molecular weight excluding hydrogens is 348 g/mol. The average Bonchev–Trinajstić information content (AvgIpc) is 3.31. The highest BCUT2D eigenvalue weighted by molar-refractivity contribution is 7.14. The fourth-order valence-corrected chi connectivity index (χ4v) is 3.15. The number of hydrogen-bond acceptors (Lipinski definition) is 7. The maximum absolute atomic E-state index is 12.7. The summed E-state index contributed by atoms with van der Waals surface area (Å²) in [5.74, 6) is 0.362. The lowest BCUT2D eigenvalue weighted by molar-refractivity contribution is 0.103. The van der Waals surface area contributed by atoms with E-state index in [1.165, 1.54) is 11.3 Å². The highest BCUT2D eigenvalue weighted by Gasteiger charge is 2.19. The molecule has 0 amide bonds. The fourth-order valence-electron chi connectivity index (χ4n) is 2.45. The van der Waals surface area contributed by atoms with E-state index in [1.54, 1.807) is 24.5 Å². The minimum atomic E-state index is -0.123. The molecule has 128 valence electrons. The van der Waals surface area contributed by atoms with E-state index in [0.717, 1.165) is 5.69 Å². The van der Waals surface area contributed by atoms with Crippen LogP contribution >= 0.6 is 11.3 Å². The molecule has 0 saturated heterocycles. The van der Waals surface area contributed by atoms with Gasteiger partial charge in [-0.25, -0.2) is 15.0 Å². The number of nitrogens with one attached hydrogen (secondary N) is 2. The van der Waals surface area contributed by atoms with Crippen molar-refractivity contribution in [2.24, 2.45) is 0 Å². The summed E-state index contributed by atoms with van der Waals surface area (Å²) in [4.78, 5) is 25.7. The largest absolute Gasteiger partial charge is 0.300 e. The first-order valence-electron chi connectivity index (χ1n) is 7.86. The molecular formula is C18H14N6OS. The number of rotatable bonds is 5. The van der Waals surface area contributed by atoms with Gasteiger partial charge >= 0.3 is 0 Å². The quantitative estimate of drug-likeness (QED) is 0.527. The van der Waals surface area contributed by atoms with Crippen LogP contribution in [0.2, 0.25) is 0 Å². The number of aromatic nitrogens is 5. The van der Waals surface area contributed by atoms with E-state index >= 15 is 0 Å². The number of benzene rings is 1. The molecule has 0 radical (unpaired) electrons. The molecule has 0 atom stereocenters. The van der Waals surface area contributed by atoms with Crippen molar-refractivity contribution in [3.05, 3.63) is 71.1 Å². The standard InChI is InChI=1S/C18H14N6OS/c1-11-7-8-19-17(21-11)23-18-22-14(10-26-18)13-9-20-24-15(13)16(25)12-5-3-2-4-6-12/h2-10H,1H3,(H,20,24)(H,19,21,22,23). The van der Waals surface area contributed by atoms with E-state index < -0.39 is 0 Å². The van der Waals surface area contributed by atoms with Crippen molar-refractivity contribution < 1.29 is 4.79 Å². The van der Waals surface area contributed by atoms with Gasteiger partial charge in [-0.1, -0.05) is 30.3 Å². The molecule has 0 bridgehead atoms. The van der Waals surface area contributed by atoms with E-state index in [-0.39, 0.29) is 5.78 Å². The first-order chi connectivity index (χ1) is 12.7. The number of carbonyl (C=O) groups excluding carboxylic acids is 1. The summed E-state index contributed by atoms with van der Waals surface area (Å²) in [6.07, 6.45) is 3.30. The minimum Gasteiger partial charge on any atom is -0.300 e. The number of thiazole rings is 1. The van der Waals surface area contributed by atoms with Crippen molar-refractivity contribution in [1.82, 2.24) is 25.1 Å². The summed E-state index contributed by atoms with van der Waals surface area (Å²) >= 11 is 1.41. The molecule has 0 unspecified atom stereocenters. The van der Waals surface area contributed by atoms with Crippen molar-refractivity contribution in [3.8, 4) is 11.3 Å². The molecule has 0 aliphatic carbocycles. The predicted octanol–water partition coefficient (Wildman–Crippen LogP) is 3.61. The van der Waals surface area contributed by atoms with Crippen LogP contribution in [0.1, 0.15) is 21.7 Å². The number of ketones is 1. The first kappa shape index (κ1) is 16.1. The second-order valence-corrected chi connectivity index (χ2v) is 6.40. The third-order valence-corrected chi connectivity index (χ3v) is 4.45. The molecule has 4 aromatic rings. The number of hydrogen-bond donors (Lipinski definition) is 2. The smallest absolute Gasteiger partial charge is 0.229 e. The molecule has 0 fully saturated rings. The van der Waals surface area contributed by atoms with Gasteiger partial charge in [0.2, 0.25) is 11.7 Å². The zero-order chi connectivity index (χ0) is 17.9. The Morgan fingerprint density at radius 3 is 2.81 bits per heavy atom. The minimum absolute atomic E-state index is 0.123. The van der Waals surface area contributed by atoms with Gasteiger partial charge in [-0.3, -0.25) is 9.89 Å². The summed E-state index contributed by atoms with van der Waals surface area (Å²) in [6.45, 7) is 1.90. The van der Waals surface area contributed by atoms with Gasteiger partial charge in [-0.2, -0.15) is 5.10 Å².